The van der Waals surface area contributed by atoms with Crippen LogP contribution >= 0.6 is 0 Å². The van der Waals surface area contributed by atoms with Gasteiger partial charge in [0.25, 0.3) is 0 Å². The molecule has 3 nitrogen and oxygen atoms in total. The molecular formula is C10H20N2O. The summed E-state index contributed by atoms with van der Waals surface area (Å²) in [5.41, 5.74) is 0. The van der Waals surface area contributed by atoms with Gasteiger partial charge in [0.15, 0.2) is 0 Å². The first-order valence-electron chi connectivity index (χ1n) is 5.49. The molecule has 2 unspecified atom stereocenters. The molecule has 2 aliphatic rings. The van der Waals surface area contributed by atoms with Gasteiger partial charge in [-0.05, 0) is 25.8 Å². The van der Waals surface area contributed by atoms with Gasteiger partial charge in [0, 0.05) is 25.2 Å². The highest BCUT2D eigenvalue weighted by atomic mass is 16.5. The molecule has 0 radical (unpaired) electrons. The van der Waals surface area contributed by atoms with E-state index < -0.39 is 0 Å². The average molecular weight is 184 g/mol. The highest BCUT2D eigenvalue weighted by molar-refractivity contribution is 4.78. The van der Waals surface area contributed by atoms with Crippen molar-refractivity contribution in [2.45, 2.75) is 37.8 Å². The molecule has 2 fully saturated rings. The highest BCUT2D eigenvalue weighted by Crippen LogP contribution is 2.08. The summed E-state index contributed by atoms with van der Waals surface area (Å²) in [5, 5.41) is 7.10. The van der Waals surface area contributed by atoms with Gasteiger partial charge in [-0.2, -0.15) is 0 Å². The lowest BCUT2D eigenvalue weighted by Crippen LogP contribution is -2.44. The monoisotopic (exact) mass is 184 g/mol. The summed E-state index contributed by atoms with van der Waals surface area (Å²) >= 11 is 0. The Balaban J connectivity index is 1.60. The largest absolute Gasteiger partial charge is 0.380 e. The lowest BCUT2D eigenvalue weighted by atomic mass is 10.0. The standard InChI is InChI=1S/C10H20N2O/c1-2-5-11-9(3-1)7-12-10-4-6-13-8-10/h9-12H,1-8H2. The molecule has 0 aromatic heterocycles. The van der Waals surface area contributed by atoms with Crippen LogP contribution in [0.5, 0.6) is 0 Å². The quantitative estimate of drug-likeness (QED) is 0.670. The van der Waals surface area contributed by atoms with Crippen molar-refractivity contribution < 1.29 is 4.74 Å². The molecule has 0 saturated carbocycles. The van der Waals surface area contributed by atoms with Crippen molar-refractivity contribution >= 4 is 0 Å². The van der Waals surface area contributed by atoms with E-state index in [-0.39, 0.29) is 0 Å². The molecule has 3 heteroatoms. The molecule has 0 aromatic carbocycles. The van der Waals surface area contributed by atoms with E-state index >= 15 is 0 Å². The van der Waals surface area contributed by atoms with Crippen molar-refractivity contribution in [1.82, 2.24) is 10.6 Å². The van der Waals surface area contributed by atoms with E-state index in [0.29, 0.717) is 12.1 Å². The third-order valence-electron chi connectivity index (χ3n) is 2.99. The molecule has 0 amide bonds. The molecule has 2 N–H and O–H groups in total. The van der Waals surface area contributed by atoms with E-state index in [9.17, 15) is 0 Å². The van der Waals surface area contributed by atoms with E-state index in [1.165, 1.54) is 32.2 Å². The van der Waals surface area contributed by atoms with Gasteiger partial charge in [-0.15, -0.1) is 0 Å². The third-order valence-corrected chi connectivity index (χ3v) is 2.99. The summed E-state index contributed by atoms with van der Waals surface area (Å²) in [6.45, 7) is 4.17. The van der Waals surface area contributed by atoms with Gasteiger partial charge >= 0.3 is 0 Å². The fourth-order valence-corrected chi connectivity index (χ4v) is 2.10. The highest BCUT2D eigenvalue weighted by Gasteiger charge is 2.17. The van der Waals surface area contributed by atoms with E-state index in [0.717, 1.165) is 19.8 Å². The fourth-order valence-electron chi connectivity index (χ4n) is 2.10. The van der Waals surface area contributed by atoms with Crippen LogP contribution in [0.1, 0.15) is 25.7 Å². The van der Waals surface area contributed by atoms with Gasteiger partial charge in [-0.1, -0.05) is 6.42 Å². The van der Waals surface area contributed by atoms with Crippen LogP contribution in [0.4, 0.5) is 0 Å². The minimum absolute atomic E-state index is 0.615. The van der Waals surface area contributed by atoms with Crippen LogP contribution in [0.2, 0.25) is 0 Å². The molecule has 2 aliphatic heterocycles. The van der Waals surface area contributed by atoms with Crippen molar-refractivity contribution in [3.63, 3.8) is 0 Å². The predicted octanol–water partition coefficient (Wildman–Crippen LogP) is 0.507. The lowest BCUT2D eigenvalue weighted by molar-refractivity contribution is 0.189. The van der Waals surface area contributed by atoms with Crippen LogP contribution in [-0.4, -0.2) is 38.4 Å². The van der Waals surface area contributed by atoms with Gasteiger partial charge < -0.3 is 15.4 Å². The maximum atomic E-state index is 5.31. The van der Waals surface area contributed by atoms with E-state index in [1.807, 2.05) is 0 Å². The SMILES string of the molecule is C1CCC(CNC2CCOC2)NC1. The molecule has 76 valence electrons. The van der Waals surface area contributed by atoms with Gasteiger partial charge in [-0.3, -0.25) is 0 Å². The Morgan fingerprint density at radius 1 is 1.31 bits per heavy atom. The zero-order valence-corrected chi connectivity index (χ0v) is 8.22. The average Bonchev–Trinajstić information content (AvgIpc) is 2.69. The fraction of sp³-hybridized carbons (Fsp3) is 1.00. The Morgan fingerprint density at radius 3 is 3.00 bits per heavy atom. The second-order valence-electron chi connectivity index (χ2n) is 4.12. The molecule has 13 heavy (non-hydrogen) atoms. The normalized spacial score (nSPS) is 35.1. The lowest BCUT2D eigenvalue weighted by Gasteiger charge is -2.25. The van der Waals surface area contributed by atoms with E-state index in [1.54, 1.807) is 0 Å². The molecule has 2 rings (SSSR count). The van der Waals surface area contributed by atoms with Crippen LogP contribution in [0, 0.1) is 0 Å². The number of hydrogen-bond donors (Lipinski definition) is 2. The first kappa shape index (κ1) is 9.44. The maximum absolute atomic E-state index is 5.31. The van der Waals surface area contributed by atoms with Crippen LogP contribution < -0.4 is 10.6 Å². The Morgan fingerprint density at radius 2 is 2.31 bits per heavy atom. The van der Waals surface area contributed by atoms with Crippen LogP contribution in [0.3, 0.4) is 0 Å². The predicted molar refractivity (Wildman–Crippen MR) is 52.9 cm³/mol. The Bertz CT molecular complexity index is 140. The van der Waals surface area contributed by atoms with Crippen LogP contribution in [-0.2, 0) is 4.74 Å². The van der Waals surface area contributed by atoms with Gasteiger partial charge in [0.05, 0.1) is 6.61 Å². The second-order valence-corrected chi connectivity index (χ2v) is 4.12. The van der Waals surface area contributed by atoms with Gasteiger partial charge in [0.2, 0.25) is 0 Å². The topological polar surface area (TPSA) is 33.3 Å². The zero-order valence-electron chi connectivity index (χ0n) is 8.22. The summed E-state index contributed by atoms with van der Waals surface area (Å²) in [7, 11) is 0. The summed E-state index contributed by atoms with van der Waals surface area (Å²) in [6, 6.07) is 1.32. The third kappa shape index (κ3) is 2.93. The van der Waals surface area contributed by atoms with E-state index in [4.69, 9.17) is 4.74 Å². The molecule has 0 aliphatic carbocycles. The van der Waals surface area contributed by atoms with Crippen molar-refractivity contribution in [3.8, 4) is 0 Å². The number of hydrogen-bond acceptors (Lipinski definition) is 3. The number of nitrogens with one attached hydrogen (secondary N) is 2. The van der Waals surface area contributed by atoms with E-state index in [2.05, 4.69) is 10.6 Å². The molecule has 2 heterocycles. The minimum Gasteiger partial charge on any atom is -0.380 e. The van der Waals surface area contributed by atoms with Crippen molar-refractivity contribution in [3.05, 3.63) is 0 Å². The molecule has 2 saturated heterocycles. The maximum Gasteiger partial charge on any atom is 0.0620 e. The summed E-state index contributed by atoms with van der Waals surface area (Å²) in [6.07, 6.45) is 5.26. The Kier molecular flexibility index (Phi) is 3.58. The number of rotatable bonds is 3. The minimum atomic E-state index is 0.615. The van der Waals surface area contributed by atoms with Crippen molar-refractivity contribution in [2.75, 3.05) is 26.3 Å². The molecular weight excluding hydrogens is 164 g/mol. The van der Waals surface area contributed by atoms with Gasteiger partial charge in [0.1, 0.15) is 0 Å². The number of piperidine rings is 1. The summed E-state index contributed by atoms with van der Waals surface area (Å²) in [4.78, 5) is 0. The molecule has 2 atom stereocenters. The van der Waals surface area contributed by atoms with Crippen molar-refractivity contribution in [1.29, 1.82) is 0 Å². The molecule has 0 aromatic rings. The summed E-state index contributed by atoms with van der Waals surface area (Å²) in [5.74, 6) is 0. The zero-order chi connectivity index (χ0) is 8.93. The van der Waals surface area contributed by atoms with Gasteiger partial charge in [-0.25, -0.2) is 0 Å². The second kappa shape index (κ2) is 4.94. The first-order valence-corrected chi connectivity index (χ1v) is 5.49. The molecule has 0 bridgehead atoms. The molecule has 0 spiro atoms. The summed E-state index contributed by atoms with van der Waals surface area (Å²) < 4.78 is 5.31. The van der Waals surface area contributed by atoms with Crippen LogP contribution in [0.15, 0.2) is 0 Å². The van der Waals surface area contributed by atoms with Crippen LogP contribution in [0.25, 0.3) is 0 Å². The Labute approximate surface area is 80.2 Å². The Hall–Kier alpha value is -0.120. The first-order chi connectivity index (χ1) is 6.45. The number of ether oxygens (including phenoxy) is 1. The smallest absolute Gasteiger partial charge is 0.0620 e. The van der Waals surface area contributed by atoms with Crippen molar-refractivity contribution in [2.24, 2.45) is 0 Å².